The number of aromatic carboxylic acids is 1. The zero-order valence-electron chi connectivity index (χ0n) is 16.1. The number of halogens is 1. The monoisotopic (exact) mass is 421 g/mol. The Morgan fingerprint density at radius 1 is 1.24 bits per heavy atom. The number of nitro groups is 1. The molecule has 0 radical (unpaired) electrons. The smallest absolute Gasteiger partial charge is 0.335 e. The van der Waals surface area contributed by atoms with Gasteiger partial charge in [-0.25, -0.2) is 4.79 Å². The molecule has 29 heavy (non-hydrogen) atoms. The molecule has 0 aliphatic rings. The molecule has 0 aromatic heterocycles. The highest BCUT2D eigenvalue weighted by Crippen LogP contribution is 2.39. The van der Waals surface area contributed by atoms with Crippen molar-refractivity contribution >= 4 is 29.2 Å². The first kappa shape index (κ1) is 22.2. The molecule has 9 heteroatoms. The van der Waals surface area contributed by atoms with Crippen LogP contribution in [-0.4, -0.2) is 35.7 Å². The first-order valence-corrected chi connectivity index (χ1v) is 9.03. The van der Waals surface area contributed by atoms with Crippen molar-refractivity contribution in [3.05, 3.63) is 68.2 Å². The molecule has 0 saturated heterocycles. The van der Waals surface area contributed by atoms with E-state index in [4.69, 9.17) is 21.1 Å². The van der Waals surface area contributed by atoms with Gasteiger partial charge < -0.3 is 14.6 Å². The molecule has 0 bridgehead atoms. The Balaban J connectivity index is 2.70. The lowest BCUT2D eigenvalue weighted by molar-refractivity contribution is -0.386. The molecule has 1 atom stereocenters. The van der Waals surface area contributed by atoms with Gasteiger partial charge in [-0.3, -0.25) is 14.9 Å². The van der Waals surface area contributed by atoms with E-state index in [-0.39, 0.29) is 28.3 Å². The van der Waals surface area contributed by atoms with Gasteiger partial charge in [0.1, 0.15) is 11.2 Å². The number of nitro benzene ring substituents is 1. The van der Waals surface area contributed by atoms with Crippen molar-refractivity contribution in [2.45, 2.75) is 25.7 Å². The predicted molar refractivity (Wildman–Crippen MR) is 106 cm³/mol. The molecule has 1 N–H and O–H groups in total. The number of carbonyl (C=O) groups excluding carboxylic acids is 1. The van der Waals surface area contributed by atoms with Gasteiger partial charge in [0, 0.05) is 11.1 Å². The number of ether oxygens (including phenoxy) is 2. The summed E-state index contributed by atoms with van der Waals surface area (Å²) in [6.07, 6.45) is -0.115. The van der Waals surface area contributed by atoms with Gasteiger partial charge in [-0.1, -0.05) is 11.6 Å². The van der Waals surface area contributed by atoms with Gasteiger partial charge in [-0.2, -0.15) is 0 Å². The number of carbonyl (C=O) groups is 2. The summed E-state index contributed by atoms with van der Waals surface area (Å²) in [5.41, 5.74) is -1.40. The van der Waals surface area contributed by atoms with Crippen LogP contribution in [-0.2, 0) is 21.4 Å². The summed E-state index contributed by atoms with van der Waals surface area (Å²) in [6.45, 7) is 3.58. The third kappa shape index (κ3) is 4.65. The van der Waals surface area contributed by atoms with Crippen molar-refractivity contribution < 1.29 is 29.1 Å². The molecule has 2 aromatic carbocycles. The average Bonchev–Trinajstić information content (AvgIpc) is 2.68. The molecule has 0 spiro atoms. The normalized spacial score (nSPS) is 12.7. The van der Waals surface area contributed by atoms with Crippen LogP contribution >= 0.6 is 11.6 Å². The van der Waals surface area contributed by atoms with Gasteiger partial charge in [0.25, 0.3) is 5.69 Å². The summed E-state index contributed by atoms with van der Waals surface area (Å²) < 4.78 is 10.4. The van der Waals surface area contributed by atoms with Gasteiger partial charge in [-0.05, 0) is 56.2 Å². The van der Waals surface area contributed by atoms with Crippen molar-refractivity contribution in [3.8, 4) is 5.75 Å². The average molecular weight is 422 g/mol. The zero-order chi connectivity index (χ0) is 21.8. The Labute approximate surface area is 172 Å². The van der Waals surface area contributed by atoms with E-state index in [1.54, 1.807) is 6.92 Å². The number of carboxylic acid groups (broad SMARTS) is 1. The number of carboxylic acids is 1. The van der Waals surface area contributed by atoms with Gasteiger partial charge in [0.2, 0.25) is 0 Å². The van der Waals surface area contributed by atoms with Crippen molar-refractivity contribution in [2.24, 2.45) is 0 Å². The second-order valence-electron chi connectivity index (χ2n) is 6.48. The highest BCUT2D eigenvalue weighted by molar-refractivity contribution is 6.31. The fourth-order valence-electron chi connectivity index (χ4n) is 3.10. The summed E-state index contributed by atoms with van der Waals surface area (Å²) in [4.78, 5) is 35.1. The number of rotatable bonds is 8. The summed E-state index contributed by atoms with van der Waals surface area (Å²) >= 11 is 6.22. The minimum atomic E-state index is -1.52. The molecule has 154 valence electrons. The van der Waals surface area contributed by atoms with Gasteiger partial charge >= 0.3 is 11.9 Å². The van der Waals surface area contributed by atoms with Crippen LogP contribution in [0.25, 0.3) is 0 Å². The molecule has 0 aliphatic carbocycles. The number of methoxy groups -OCH3 is 1. The van der Waals surface area contributed by atoms with E-state index in [2.05, 4.69) is 0 Å². The van der Waals surface area contributed by atoms with E-state index in [9.17, 15) is 24.8 Å². The highest BCUT2D eigenvalue weighted by Gasteiger charge is 2.42. The number of nitrogens with zero attached hydrogens (tertiary/aromatic N) is 1. The molecule has 0 saturated carbocycles. The minimum absolute atomic E-state index is 0.0193. The summed E-state index contributed by atoms with van der Waals surface area (Å²) in [6, 6.07) is 8.21. The van der Waals surface area contributed by atoms with E-state index >= 15 is 0 Å². The molecular weight excluding hydrogens is 402 g/mol. The van der Waals surface area contributed by atoms with Gasteiger partial charge in [0.05, 0.1) is 29.8 Å². The third-order valence-corrected chi connectivity index (χ3v) is 4.91. The van der Waals surface area contributed by atoms with Crippen LogP contribution in [0.1, 0.15) is 35.3 Å². The highest BCUT2D eigenvalue weighted by atomic mass is 35.5. The van der Waals surface area contributed by atoms with Crippen molar-refractivity contribution in [3.63, 3.8) is 0 Å². The first-order valence-electron chi connectivity index (χ1n) is 8.66. The molecule has 0 heterocycles. The maximum Gasteiger partial charge on any atom is 0.335 e. The van der Waals surface area contributed by atoms with E-state index in [0.29, 0.717) is 17.9 Å². The fourth-order valence-corrected chi connectivity index (χ4v) is 3.28. The van der Waals surface area contributed by atoms with Crippen LogP contribution in [0.2, 0.25) is 5.02 Å². The molecule has 2 aromatic rings. The number of esters is 1. The van der Waals surface area contributed by atoms with E-state index in [1.807, 2.05) is 0 Å². The van der Waals surface area contributed by atoms with Crippen molar-refractivity contribution in [1.82, 2.24) is 0 Å². The second-order valence-corrected chi connectivity index (χ2v) is 6.89. The standard InChI is InChI=1S/C20H20ClNO7/c1-4-29-14-6-8-17(22(26)27)15(10-14)20(2,19(25)28-3)11-13-9-12(18(23)24)5-7-16(13)21/h5-10H,4,11H2,1-3H3,(H,23,24). The quantitative estimate of drug-likeness (QED) is 0.388. The topological polar surface area (TPSA) is 116 Å². The van der Waals surface area contributed by atoms with Crippen LogP contribution in [0.3, 0.4) is 0 Å². The Kier molecular flexibility index (Phi) is 6.81. The van der Waals surface area contributed by atoms with Crippen LogP contribution < -0.4 is 4.74 Å². The lowest BCUT2D eigenvalue weighted by atomic mass is 9.76. The van der Waals surface area contributed by atoms with E-state index in [0.717, 1.165) is 0 Å². The molecule has 0 aliphatic heterocycles. The summed E-state index contributed by atoms with van der Waals surface area (Å²) in [7, 11) is 1.17. The zero-order valence-corrected chi connectivity index (χ0v) is 16.9. The predicted octanol–water partition coefficient (Wildman–Crippen LogP) is 4.02. The molecule has 0 fully saturated rings. The molecule has 0 amide bonds. The van der Waals surface area contributed by atoms with Crippen LogP contribution in [0.5, 0.6) is 5.75 Å². The second kappa shape index (κ2) is 8.91. The Bertz CT molecular complexity index is 960. The molecule has 2 rings (SSSR count). The third-order valence-electron chi connectivity index (χ3n) is 4.54. The lowest BCUT2D eigenvalue weighted by Gasteiger charge is -2.28. The van der Waals surface area contributed by atoms with Crippen molar-refractivity contribution in [2.75, 3.05) is 13.7 Å². The Morgan fingerprint density at radius 2 is 1.93 bits per heavy atom. The maximum atomic E-state index is 12.8. The van der Waals surface area contributed by atoms with Gasteiger partial charge in [-0.15, -0.1) is 0 Å². The first-order chi connectivity index (χ1) is 13.6. The van der Waals surface area contributed by atoms with E-state index in [1.165, 1.54) is 50.4 Å². The van der Waals surface area contributed by atoms with Crippen LogP contribution in [0, 0.1) is 10.1 Å². The summed E-state index contributed by atoms with van der Waals surface area (Å²) in [5, 5.41) is 21.1. The number of hydrogen-bond donors (Lipinski definition) is 1. The van der Waals surface area contributed by atoms with E-state index < -0.39 is 22.3 Å². The largest absolute Gasteiger partial charge is 0.494 e. The maximum absolute atomic E-state index is 12.8. The van der Waals surface area contributed by atoms with Crippen molar-refractivity contribution in [1.29, 1.82) is 0 Å². The molecular formula is C20H20ClNO7. The lowest BCUT2D eigenvalue weighted by Crippen LogP contribution is -2.37. The SMILES string of the molecule is CCOc1ccc([N+](=O)[O-])c(C(C)(Cc2cc(C(=O)O)ccc2Cl)C(=O)OC)c1. The number of benzene rings is 2. The Hall–Kier alpha value is -3.13. The molecule has 1 unspecified atom stereocenters. The fraction of sp³-hybridized carbons (Fsp3) is 0.300. The summed E-state index contributed by atoms with van der Waals surface area (Å²) in [5.74, 6) is -1.54. The minimum Gasteiger partial charge on any atom is -0.494 e. The molecule has 8 nitrogen and oxygen atoms in total. The Morgan fingerprint density at radius 3 is 2.48 bits per heavy atom. The number of hydrogen-bond acceptors (Lipinski definition) is 6. The van der Waals surface area contributed by atoms with Gasteiger partial charge in [0.15, 0.2) is 0 Å². The van der Waals surface area contributed by atoms with Crippen LogP contribution in [0.15, 0.2) is 36.4 Å². The van der Waals surface area contributed by atoms with Crippen LogP contribution in [0.4, 0.5) is 5.69 Å².